The zero-order valence-electron chi connectivity index (χ0n) is 9.17. The smallest absolute Gasteiger partial charge is 0.372 e. The van der Waals surface area contributed by atoms with Crippen molar-refractivity contribution in [3.63, 3.8) is 0 Å². The topological polar surface area (TPSA) is 28.2 Å². The lowest BCUT2D eigenvalue weighted by Crippen LogP contribution is -2.29. The van der Waals surface area contributed by atoms with E-state index >= 15 is 0 Å². The summed E-state index contributed by atoms with van der Waals surface area (Å²) in [6.07, 6.45) is -1.96. The minimum atomic E-state index is -4.34. The molecule has 1 heterocycles. The van der Waals surface area contributed by atoms with Gasteiger partial charge < -0.3 is 10.2 Å². The summed E-state index contributed by atoms with van der Waals surface area (Å²) in [5.74, 6) is 0. The van der Waals surface area contributed by atoms with E-state index in [9.17, 15) is 13.2 Å². The molecule has 3 nitrogen and oxygen atoms in total. The molecule has 0 spiro atoms. The Hall–Kier alpha value is -1.30. The Morgan fingerprint density at radius 2 is 2.12 bits per heavy atom. The molecule has 0 aliphatic heterocycles. The van der Waals surface area contributed by atoms with Gasteiger partial charge in [0.2, 0.25) is 0 Å². The molecular weight excluding hydrogens is 219 g/mol. The maximum absolute atomic E-state index is 12.7. The molecule has 0 aromatic carbocycles. The average molecular weight is 233 g/mol. The van der Waals surface area contributed by atoms with Crippen LogP contribution in [0.3, 0.4) is 0 Å². The number of likely N-dealkylation sites (N-methyl/N-ethyl adjacent to an activating group) is 2. The van der Waals surface area contributed by atoms with Gasteiger partial charge in [-0.05, 0) is 13.1 Å². The van der Waals surface area contributed by atoms with Crippen LogP contribution in [0.5, 0.6) is 0 Å². The van der Waals surface area contributed by atoms with Gasteiger partial charge in [-0.25, -0.2) is 0 Å². The lowest BCUT2D eigenvalue weighted by atomic mass is 10.2. The fourth-order valence-electron chi connectivity index (χ4n) is 1.33. The van der Waals surface area contributed by atoms with Crippen molar-refractivity contribution in [1.29, 1.82) is 0 Å². The van der Waals surface area contributed by atoms with E-state index in [1.165, 1.54) is 11.1 Å². The molecule has 0 unspecified atom stereocenters. The molecule has 6 heteroatoms. The third-order valence-electron chi connectivity index (χ3n) is 2.21. The van der Waals surface area contributed by atoms with Crippen LogP contribution >= 0.6 is 0 Å². The quantitative estimate of drug-likeness (QED) is 0.858. The van der Waals surface area contributed by atoms with Gasteiger partial charge in [-0.1, -0.05) is 0 Å². The highest BCUT2D eigenvalue weighted by molar-refractivity contribution is 5.52. The van der Waals surface area contributed by atoms with E-state index < -0.39 is 11.7 Å². The molecule has 0 aliphatic carbocycles. The van der Waals surface area contributed by atoms with Gasteiger partial charge in [0.05, 0.1) is 17.4 Å². The number of nitrogens with one attached hydrogen (secondary N) is 1. The van der Waals surface area contributed by atoms with E-state index in [4.69, 9.17) is 0 Å². The number of alkyl halides is 3. The van der Waals surface area contributed by atoms with Crippen molar-refractivity contribution < 1.29 is 13.2 Å². The molecule has 1 aromatic rings. The summed E-state index contributed by atoms with van der Waals surface area (Å²) >= 11 is 0. The van der Waals surface area contributed by atoms with Crippen LogP contribution in [0.15, 0.2) is 18.5 Å². The van der Waals surface area contributed by atoms with Crippen molar-refractivity contribution in [2.24, 2.45) is 0 Å². The summed E-state index contributed by atoms with van der Waals surface area (Å²) in [5.41, 5.74) is -0.550. The summed E-state index contributed by atoms with van der Waals surface area (Å²) in [6.45, 7) is 1.11. The summed E-state index contributed by atoms with van der Waals surface area (Å²) in [7, 11) is 3.37. The number of hydrogen-bond acceptors (Lipinski definition) is 3. The van der Waals surface area contributed by atoms with Crippen LogP contribution in [0.1, 0.15) is 5.56 Å². The third kappa shape index (κ3) is 3.10. The summed E-state index contributed by atoms with van der Waals surface area (Å²) < 4.78 is 38.0. The van der Waals surface area contributed by atoms with Crippen LogP contribution in [-0.4, -0.2) is 32.2 Å². The zero-order valence-corrected chi connectivity index (χ0v) is 9.17. The Kier molecular flexibility index (Phi) is 4.12. The number of rotatable bonds is 4. The maximum Gasteiger partial charge on any atom is 0.418 e. The lowest BCUT2D eigenvalue weighted by Gasteiger charge is -2.22. The molecule has 0 fully saturated rings. The Morgan fingerprint density at radius 3 is 2.69 bits per heavy atom. The SMILES string of the molecule is CNCCN(C)c1cnccc1C(F)(F)F. The summed E-state index contributed by atoms with van der Waals surface area (Å²) in [6, 6.07) is 0.991. The highest BCUT2D eigenvalue weighted by Crippen LogP contribution is 2.35. The first kappa shape index (κ1) is 12.8. The average Bonchev–Trinajstić information content (AvgIpc) is 2.24. The largest absolute Gasteiger partial charge is 0.418 e. The fourth-order valence-corrected chi connectivity index (χ4v) is 1.33. The number of pyridine rings is 1. The first-order valence-corrected chi connectivity index (χ1v) is 4.83. The molecule has 0 aliphatic rings. The van der Waals surface area contributed by atoms with Gasteiger partial charge in [-0.3, -0.25) is 4.98 Å². The van der Waals surface area contributed by atoms with Gasteiger partial charge >= 0.3 is 6.18 Å². The van der Waals surface area contributed by atoms with Crippen LogP contribution in [0.4, 0.5) is 18.9 Å². The van der Waals surface area contributed by atoms with Crippen LogP contribution in [0.25, 0.3) is 0 Å². The Labute approximate surface area is 92.3 Å². The Bertz CT molecular complexity index is 338. The molecule has 16 heavy (non-hydrogen) atoms. The van der Waals surface area contributed by atoms with Crippen molar-refractivity contribution in [1.82, 2.24) is 10.3 Å². The van der Waals surface area contributed by atoms with E-state index in [0.717, 1.165) is 12.3 Å². The third-order valence-corrected chi connectivity index (χ3v) is 2.21. The van der Waals surface area contributed by atoms with Gasteiger partial charge in [-0.15, -0.1) is 0 Å². The molecule has 1 aromatic heterocycles. The molecule has 1 rings (SSSR count). The number of hydrogen-bond donors (Lipinski definition) is 1. The highest BCUT2D eigenvalue weighted by Gasteiger charge is 2.34. The van der Waals surface area contributed by atoms with E-state index in [-0.39, 0.29) is 5.69 Å². The van der Waals surface area contributed by atoms with Crippen LogP contribution in [0, 0.1) is 0 Å². The molecule has 0 saturated heterocycles. The van der Waals surface area contributed by atoms with E-state index in [1.807, 2.05) is 0 Å². The summed E-state index contributed by atoms with van der Waals surface area (Å²) in [5, 5.41) is 2.88. The Morgan fingerprint density at radius 1 is 1.44 bits per heavy atom. The molecule has 0 radical (unpaired) electrons. The monoisotopic (exact) mass is 233 g/mol. The summed E-state index contributed by atoms with van der Waals surface area (Å²) in [4.78, 5) is 5.26. The molecule has 1 N–H and O–H groups in total. The number of aromatic nitrogens is 1. The van der Waals surface area contributed by atoms with E-state index in [2.05, 4.69) is 10.3 Å². The van der Waals surface area contributed by atoms with Gasteiger partial charge in [0.1, 0.15) is 0 Å². The Balaban J connectivity index is 2.94. The minimum absolute atomic E-state index is 0.102. The van der Waals surface area contributed by atoms with Gasteiger partial charge in [0, 0.05) is 26.3 Å². The number of anilines is 1. The van der Waals surface area contributed by atoms with Gasteiger partial charge in [0.25, 0.3) is 0 Å². The highest BCUT2D eigenvalue weighted by atomic mass is 19.4. The van der Waals surface area contributed by atoms with Crippen molar-refractivity contribution >= 4 is 5.69 Å². The normalized spacial score (nSPS) is 11.6. The molecule has 0 bridgehead atoms. The number of halogens is 3. The molecule has 0 saturated carbocycles. The lowest BCUT2D eigenvalue weighted by molar-refractivity contribution is -0.137. The first-order valence-electron chi connectivity index (χ1n) is 4.83. The van der Waals surface area contributed by atoms with Crippen molar-refractivity contribution in [3.8, 4) is 0 Å². The second kappa shape index (κ2) is 5.16. The fraction of sp³-hybridized carbons (Fsp3) is 0.500. The van der Waals surface area contributed by atoms with Crippen LogP contribution < -0.4 is 10.2 Å². The van der Waals surface area contributed by atoms with Crippen molar-refractivity contribution in [2.45, 2.75) is 6.18 Å². The molecule has 0 amide bonds. The number of nitrogens with zero attached hydrogens (tertiary/aromatic N) is 2. The standard InChI is InChI=1S/C10H14F3N3/c1-14-5-6-16(2)9-7-15-4-3-8(9)10(11,12)13/h3-4,7,14H,5-6H2,1-2H3. The first-order chi connectivity index (χ1) is 7.46. The molecule has 0 atom stereocenters. The van der Waals surface area contributed by atoms with Crippen molar-refractivity contribution in [2.75, 3.05) is 32.1 Å². The molecular formula is C10H14F3N3. The van der Waals surface area contributed by atoms with Gasteiger partial charge in [-0.2, -0.15) is 13.2 Å². The van der Waals surface area contributed by atoms with Crippen LogP contribution in [0.2, 0.25) is 0 Å². The second-order valence-electron chi connectivity index (χ2n) is 3.42. The van der Waals surface area contributed by atoms with E-state index in [1.54, 1.807) is 14.1 Å². The predicted octanol–water partition coefficient (Wildman–Crippen LogP) is 1.76. The molecule has 90 valence electrons. The zero-order chi connectivity index (χ0) is 12.2. The minimum Gasteiger partial charge on any atom is -0.372 e. The maximum atomic E-state index is 12.7. The van der Waals surface area contributed by atoms with E-state index in [0.29, 0.717) is 13.1 Å². The second-order valence-corrected chi connectivity index (χ2v) is 3.42. The van der Waals surface area contributed by atoms with Crippen LogP contribution in [-0.2, 0) is 6.18 Å². The van der Waals surface area contributed by atoms with Crippen molar-refractivity contribution in [3.05, 3.63) is 24.0 Å². The van der Waals surface area contributed by atoms with Gasteiger partial charge in [0.15, 0.2) is 0 Å². The predicted molar refractivity (Wildman–Crippen MR) is 56.4 cm³/mol.